The summed E-state index contributed by atoms with van der Waals surface area (Å²) in [6.45, 7) is 6.93. The highest BCUT2D eigenvalue weighted by Crippen LogP contribution is 1.95. The summed E-state index contributed by atoms with van der Waals surface area (Å²) >= 11 is 0. The lowest BCUT2D eigenvalue weighted by Gasteiger charge is -2.05. The van der Waals surface area contributed by atoms with Crippen LogP contribution in [0.5, 0.6) is 0 Å². The number of hydrogen-bond acceptors (Lipinski definition) is 2. The van der Waals surface area contributed by atoms with Gasteiger partial charge in [-0.2, -0.15) is 0 Å². The van der Waals surface area contributed by atoms with Crippen LogP contribution in [-0.4, -0.2) is 26.9 Å². The lowest BCUT2D eigenvalue weighted by atomic mass is 10.2. The van der Waals surface area contributed by atoms with Gasteiger partial charge in [0, 0.05) is 26.9 Å². The van der Waals surface area contributed by atoms with E-state index in [9.17, 15) is 0 Å². The quantitative estimate of drug-likeness (QED) is 0.531. The fourth-order valence-electron chi connectivity index (χ4n) is 0.770. The first-order chi connectivity index (χ1) is 5.27. The Hall–Kier alpha value is -0.0800. The zero-order chi connectivity index (χ0) is 8.53. The lowest BCUT2D eigenvalue weighted by molar-refractivity contribution is 0.0990. The van der Waals surface area contributed by atoms with Gasteiger partial charge >= 0.3 is 0 Å². The van der Waals surface area contributed by atoms with E-state index in [1.165, 1.54) is 0 Å². The van der Waals surface area contributed by atoms with Crippen molar-refractivity contribution in [2.24, 2.45) is 5.92 Å². The molecule has 0 radical (unpaired) electrons. The van der Waals surface area contributed by atoms with E-state index in [1.54, 1.807) is 7.11 Å². The number of rotatable bonds is 7. The predicted octanol–water partition coefficient (Wildman–Crippen LogP) is 2.09. The maximum Gasteiger partial charge on any atom is 0.0488 e. The Morgan fingerprint density at radius 3 is 2.27 bits per heavy atom. The standard InChI is InChI=1S/C9H20O2/c1-9(2)8-11-7-5-4-6-10-3/h9H,4-8H2,1-3H3. The molecule has 2 nitrogen and oxygen atoms in total. The minimum absolute atomic E-state index is 0.650. The van der Waals surface area contributed by atoms with Crippen LogP contribution >= 0.6 is 0 Å². The van der Waals surface area contributed by atoms with Gasteiger partial charge < -0.3 is 9.47 Å². The summed E-state index contributed by atoms with van der Waals surface area (Å²) in [5, 5.41) is 0. The van der Waals surface area contributed by atoms with Crippen molar-refractivity contribution in [1.82, 2.24) is 0 Å². The van der Waals surface area contributed by atoms with Crippen molar-refractivity contribution in [3.8, 4) is 0 Å². The molecule has 0 atom stereocenters. The van der Waals surface area contributed by atoms with Gasteiger partial charge in [-0.3, -0.25) is 0 Å². The molecule has 0 N–H and O–H groups in total. The Morgan fingerprint density at radius 2 is 1.73 bits per heavy atom. The Kier molecular flexibility index (Phi) is 7.96. The van der Waals surface area contributed by atoms with E-state index in [1.807, 2.05) is 0 Å². The summed E-state index contributed by atoms with van der Waals surface area (Å²) in [7, 11) is 1.73. The minimum Gasteiger partial charge on any atom is -0.385 e. The third kappa shape index (κ3) is 9.92. The van der Waals surface area contributed by atoms with E-state index >= 15 is 0 Å². The second kappa shape index (κ2) is 8.02. The molecule has 0 aliphatic carbocycles. The predicted molar refractivity (Wildman–Crippen MR) is 46.8 cm³/mol. The van der Waals surface area contributed by atoms with Crippen LogP contribution < -0.4 is 0 Å². The summed E-state index contributed by atoms with van der Waals surface area (Å²) < 4.78 is 10.3. The molecular formula is C9H20O2. The molecule has 11 heavy (non-hydrogen) atoms. The largest absolute Gasteiger partial charge is 0.385 e. The molecule has 0 heterocycles. The number of unbranched alkanes of at least 4 members (excludes halogenated alkanes) is 1. The molecule has 0 fully saturated rings. The Labute approximate surface area is 69.9 Å². The van der Waals surface area contributed by atoms with Crippen LogP contribution in [0.4, 0.5) is 0 Å². The molecule has 0 spiro atoms. The van der Waals surface area contributed by atoms with Gasteiger partial charge in [0.1, 0.15) is 0 Å². The van der Waals surface area contributed by atoms with E-state index in [0.29, 0.717) is 5.92 Å². The lowest BCUT2D eigenvalue weighted by Crippen LogP contribution is -2.03. The monoisotopic (exact) mass is 160 g/mol. The summed E-state index contributed by atoms with van der Waals surface area (Å²) in [5.74, 6) is 0.650. The number of hydrogen-bond donors (Lipinski definition) is 0. The van der Waals surface area contributed by atoms with Gasteiger partial charge in [0.05, 0.1) is 0 Å². The third-order valence-corrected chi connectivity index (χ3v) is 1.34. The molecule has 0 saturated carbocycles. The molecule has 0 bridgehead atoms. The van der Waals surface area contributed by atoms with Crippen LogP contribution in [0.3, 0.4) is 0 Å². The first-order valence-corrected chi connectivity index (χ1v) is 4.34. The van der Waals surface area contributed by atoms with E-state index in [0.717, 1.165) is 32.7 Å². The van der Waals surface area contributed by atoms with Crippen molar-refractivity contribution in [2.75, 3.05) is 26.9 Å². The summed E-state index contributed by atoms with van der Waals surface area (Å²) in [5.41, 5.74) is 0. The second-order valence-electron chi connectivity index (χ2n) is 3.17. The van der Waals surface area contributed by atoms with Gasteiger partial charge in [0.2, 0.25) is 0 Å². The zero-order valence-electron chi connectivity index (χ0n) is 7.93. The fraction of sp³-hybridized carbons (Fsp3) is 1.00. The number of ether oxygens (including phenoxy) is 2. The molecule has 0 aromatic rings. The molecule has 0 saturated heterocycles. The number of methoxy groups -OCH3 is 1. The molecule has 68 valence electrons. The maximum absolute atomic E-state index is 5.39. The zero-order valence-corrected chi connectivity index (χ0v) is 7.93. The van der Waals surface area contributed by atoms with Crippen LogP contribution in [0, 0.1) is 5.92 Å². The Balaban J connectivity index is 2.80. The van der Waals surface area contributed by atoms with Crippen molar-refractivity contribution in [2.45, 2.75) is 26.7 Å². The molecule has 0 aliphatic heterocycles. The van der Waals surface area contributed by atoms with Gasteiger partial charge in [0.15, 0.2) is 0 Å². The normalized spacial score (nSPS) is 10.9. The van der Waals surface area contributed by atoms with Gasteiger partial charge in [-0.25, -0.2) is 0 Å². The summed E-state index contributed by atoms with van der Waals surface area (Å²) in [4.78, 5) is 0. The highest BCUT2D eigenvalue weighted by molar-refractivity contribution is 4.41. The minimum atomic E-state index is 0.650. The average Bonchev–Trinajstić information content (AvgIpc) is 1.96. The van der Waals surface area contributed by atoms with Gasteiger partial charge in [-0.15, -0.1) is 0 Å². The Morgan fingerprint density at radius 1 is 1.09 bits per heavy atom. The summed E-state index contributed by atoms with van der Waals surface area (Å²) in [6.07, 6.45) is 2.22. The second-order valence-corrected chi connectivity index (χ2v) is 3.17. The van der Waals surface area contributed by atoms with Crippen molar-refractivity contribution in [1.29, 1.82) is 0 Å². The van der Waals surface area contributed by atoms with Crippen LogP contribution in [0.1, 0.15) is 26.7 Å². The van der Waals surface area contributed by atoms with Crippen molar-refractivity contribution < 1.29 is 9.47 Å². The third-order valence-electron chi connectivity index (χ3n) is 1.34. The molecule has 2 heteroatoms. The van der Waals surface area contributed by atoms with Crippen molar-refractivity contribution >= 4 is 0 Å². The van der Waals surface area contributed by atoms with Crippen LogP contribution in [0.15, 0.2) is 0 Å². The molecule has 0 aliphatic rings. The van der Waals surface area contributed by atoms with Crippen molar-refractivity contribution in [3.63, 3.8) is 0 Å². The highest BCUT2D eigenvalue weighted by Gasteiger charge is 1.92. The van der Waals surface area contributed by atoms with Gasteiger partial charge in [-0.1, -0.05) is 13.8 Å². The Bertz CT molecular complexity index is 72.0. The highest BCUT2D eigenvalue weighted by atomic mass is 16.5. The first kappa shape index (κ1) is 10.9. The van der Waals surface area contributed by atoms with E-state index < -0.39 is 0 Å². The molecule has 0 unspecified atom stereocenters. The van der Waals surface area contributed by atoms with E-state index in [4.69, 9.17) is 9.47 Å². The van der Waals surface area contributed by atoms with E-state index in [-0.39, 0.29) is 0 Å². The van der Waals surface area contributed by atoms with Gasteiger partial charge in [-0.05, 0) is 18.8 Å². The molecule has 0 amide bonds. The maximum atomic E-state index is 5.39. The smallest absolute Gasteiger partial charge is 0.0488 e. The molecule has 0 aromatic heterocycles. The van der Waals surface area contributed by atoms with Crippen LogP contribution in [0.2, 0.25) is 0 Å². The van der Waals surface area contributed by atoms with Gasteiger partial charge in [0.25, 0.3) is 0 Å². The SMILES string of the molecule is COCCCCOCC(C)C. The molecule has 0 aromatic carbocycles. The van der Waals surface area contributed by atoms with Crippen LogP contribution in [0.25, 0.3) is 0 Å². The van der Waals surface area contributed by atoms with E-state index in [2.05, 4.69) is 13.8 Å². The fourth-order valence-corrected chi connectivity index (χ4v) is 0.770. The average molecular weight is 160 g/mol. The van der Waals surface area contributed by atoms with Crippen molar-refractivity contribution in [3.05, 3.63) is 0 Å². The molecular weight excluding hydrogens is 140 g/mol. The molecule has 0 rings (SSSR count). The van der Waals surface area contributed by atoms with Crippen LogP contribution in [-0.2, 0) is 9.47 Å². The summed E-state index contributed by atoms with van der Waals surface area (Å²) in [6, 6.07) is 0. The topological polar surface area (TPSA) is 18.5 Å². The first-order valence-electron chi connectivity index (χ1n) is 4.34.